The highest BCUT2D eigenvalue weighted by Gasteiger charge is 2.11. The number of nitrogens with one attached hydrogen (secondary N) is 3. The number of hydrazone groups is 1. The molecule has 0 saturated heterocycles. The Balaban J connectivity index is 2.92. The van der Waals surface area contributed by atoms with Crippen LogP contribution in [0.5, 0.6) is 0 Å². The zero-order chi connectivity index (χ0) is 12.8. The van der Waals surface area contributed by atoms with Gasteiger partial charge in [0.25, 0.3) is 5.69 Å². The van der Waals surface area contributed by atoms with E-state index in [1.54, 1.807) is 0 Å². The van der Waals surface area contributed by atoms with Gasteiger partial charge in [-0.25, -0.2) is 10.9 Å². The van der Waals surface area contributed by atoms with Crippen LogP contribution in [-0.2, 0) is 0 Å². The van der Waals surface area contributed by atoms with Crippen molar-refractivity contribution in [3.63, 3.8) is 0 Å². The zero-order valence-corrected chi connectivity index (χ0v) is 9.10. The molecule has 17 heavy (non-hydrogen) atoms. The number of nitro groups is 1. The number of nitro benzene ring substituents is 1. The van der Waals surface area contributed by atoms with Crippen LogP contribution in [0.15, 0.2) is 23.3 Å². The van der Waals surface area contributed by atoms with Gasteiger partial charge >= 0.3 is 0 Å². The van der Waals surface area contributed by atoms with Gasteiger partial charge in [-0.2, -0.15) is 5.10 Å². The summed E-state index contributed by atoms with van der Waals surface area (Å²) in [5, 5.41) is 29.7. The molecule has 0 aliphatic rings. The number of guanidine groups is 1. The van der Waals surface area contributed by atoms with Gasteiger partial charge < -0.3 is 0 Å². The lowest BCUT2D eigenvalue weighted by Crippen LogP contribution is -2.30. The lowest BCUT2D eigenvalue weighted by atomic mass is 10.2. The second-order valence-electron chi connectivity index (χ2n) is 2.82. The van der Waals surface area contributed by atoms with Gasteiger partial charge in [0.1, 0.15) is 0 Å². The SMILES string of the molecule is N=C(NO)NN=Cc1cc(Cl)ccc1[N+](=O)[O-]. The molecular weight excluding hydrogens is 250 g/mol. The lowest BCUT2D eigenvalue weighted by molar-refractivity contribution is -0.385. The van der Waals surface area contributed by atoms with Crippen LogP contribution in [0.4, 0.5) is 5.69 Å². The topological polar surface area (TPSA) is 124 Å². The number of hydroxylamine groups is 1. The summed E-state index contributed by atoms with van der Waals surface area (Å²) in [5.41, 5.74) is 3.61. The van der Waals surface area contributed by atoms with Gasteiger partial charge in [0.15, 0.2) is 0 Å². The number of benzene rings is 1. The number of halogens is 1. The molecule has 1 rings (SSSR count). The van der Waals surface area contributed by atoms with Crippen LogP contribution in [0, 0.1) is 15.5 Å². The van der Waals surface area contributed by atoms with Gasteiger partial charge in [0.05, 0.1) is 16.7 Å². The molecule has 1 aromatic carbocycles. The monoisotopic (exact) mass is 257 g/mol. The summed E-state index contributed by atoms with van der Waals surface area (Å²) in [4.78, 5) is 10.1. The van der Waals surface area contributed by atoms with E-state index in [9.17, 15) is 10.1 Å². The molecule has 0 aromatic heterocycles. The Morgan fingerprint density at radius 1 is 1.65 bits per heavy atom. The maximum atomic E-state index is 10.7. The van der Waals surface area contributed by atoms with E-state index in [0.29, 0.717) is 5.02 Å². The Kier molecular flexibility index (Phi) is 4.37. The van der Waals surface area contributed by atoms with Crippen molar-refractivity contribution in [2.45, 2.75) is 0 Å². The van der Waals surface area contributed by atoms with Gasteiger partial charge in [0.2, 0.25) is 5.96 Å². The van der Waals surface area contributed by atoms with Crippen molar-refractivity contribution in [3.8, 4) is 0 Å². The Hall–Kier alpha value is -2.19. The molecular formula is C8H8ClN5O3. The molecule has 0 heterocycles. The third-order valence-electron chi connectivity index (χ3n) is 1.68. The van der Waals surface area contributed by atoms with Gasteiger partial charge in [0, 0.05) is 11.1 Å². The molecule has 0 spiro atoms. The molecule has 0 saturated carbocycles. The molecule has 9 heteroatoms. The lowest BCUT2D eigenvalue weighted by Gasteiger charge is -2.00. The molecule has 0 aliphatic heterocycles. The average Bonchev–Trinajstić information content (AvgIpc) is 2.28. The van der Waals surface area contributed by atoms with Crippen LogP contribution < -0.4 is 10.9 Å². The minimum atomic E-state index is -0.576. The smallest absolute Gasteiger partial charge is 0.278 e. The van der Waals surface area contributed by atoms with Crippen molar-refractivity contribution in [2.24, 2.45) is 5.10 Å². The fourth-order valence-electron chi connectivity index (χ4n) is 0.986. The Labute approximate surface area is 101 Å². The first kappa shape index (κ1) is 12.9. The highest BCUT2D eigenvalue weighted by atomic mass is 35.5. The summed E-state index contributed by atoms with van der Waals surface area (Å²) < 4.78 is 0. The summed E-state index contributed by atoms with van der Waals surface area (Å²) in [6, 6.07) is 4.00. The molecule has 0 aliphatic carbocycles. The maximum absolute atomic E-state index is 10.7. The van der Waals surface area contributed by atoms with E-state index in [2.05, 4.69) is 10.5 Å². The van der Waals surface area contributed by atoms with Gasteiger partial charge in [-0.05, 0) is 12.1 Å². The van der Waals surface area contributed by atoms with Crippen molar-refractivity contribution < 1.29 is 10.1 Å². The van der Waals surface area contributed by atoms with Crippen LogP contribution in [0.25, 0.3) is 0 Å². The predicted octanol–water partition coefficient (Wildman–Crippen LogP) is 1.09. The standard InChI is InChI=1S/C8H8ClN5O3/c9-6-1-2-7(14(16)17)5(3-6)4-11-12-8(10)13-15/h1-4,15H,(H3,10,12,13). The summed E-state index contributed by atoms with van der Waals surface area (Å²) in [6.45, 7) is 0. The molecule has 8 nitrogen and oxygen atoms in total. The van der Waals surface area contributed by atoms with E-state index in [1.807, 2.05) is 0 Å². The van der Waals surface area contributed by atoms with E-state index in [-0.39, 0.29) is 11.3 Å². The second kappa shape index (κ2) is 5.77. The first-order valence-corrected chi connectivity index (χ1v) is 4.64. The minimum Gasteiger partial charge on any atom is -0.288 e. The maximum Gasteiger partial charge on any atom is 0.278 e. The fraction of sp³-hybridized carbons (Fsp3) is 0. The Bertz CT molecular complexity index is 476. The molecule has 0 atom stereocenters. The largest absolute Gasteiger partial charge is 0.288 e. The zero-order valence-electron chi connectivity index (χ0n) is 8.35. The van der Waals surface area contributed by atoms with E-state index in [0.717, 1.165) is 6.21 Å². The van der Waals surface area contributed by atoms with E-state index < -0.39 is 10.9 Å². The van der Waals surface area contributed by atoms with Crippen molar-refractivity contribution in [1.29, 1.82) is 5.41 Å². The van der Waals surface area contributed by atoms with E-state index in [1.165, 1.54) is 23.7 Å². The van der Waals surface area contributed by atoms with Crippen molar-refractivity contribution in [3.05, 3.63) is 38.9 Å². The number of rotatable bonds is 3. The third-order valence-corrected chi connectivity index (χ3v) is 1.91. The Morgan fingerprint density at radius 2 is 2.35 bits per heavy atom. The van der Waals surface area contributed by atoms with Crippen LogP contribution in [0.1, 0.15) is 5.56 Å². The van der Waals surface area contributed by atoms with Crippen molar-refractivity contribution >= 4 is 29.5 Å². The summed E-state index contributed by atoms with van der Waals surface area (Å²) in [7, 11) is 0. The molecule has 0 bridgehead atoms. The highest BCUT2D eigenvalue weighted by molar-refractivity contribution is 6.31. The predicted molar refractivity (Wildman–Crippen MR) is 61.5 cm³/mol. The van der Waals surface area contributed by atoms with Crippen LogP contribution in [0.3, 0.4) is 0 Å². The molecule has 4 N–H and O–H groups in total. The normalized spacial score (nSPS) is 10.2. The average molecular weight is 258 g/mol. The van der Waals surface area contributed by atoms with E-state index >= 15 is 0 Å². The summed E-state index contributed by atoms with van der Waals surface area (Å²) in [6.07, 6.45) is 1.12. The Morgan fingerprint density at radius 3 is 2.94 bits per heavy atom. The molecule has 0 amide bonds. The quantitative estimate of drug-likeness (QED) is 0.279. The number of nitrogens with zero attached hydrogens (tertiary/aromatic N) is 2. The number of hydrogen-bond donors (Lipinski definition) is 4. The fourth-order valence-corrected chi connectivity index (χ4v) is 1.17. The summed E-state index contributed by atoms with van der Waals surface area (Å²) >= 11 is 5.69. The van der Waals surface area contributed by atoms with Crippen LogP contribution in [0.2, 0.25) is 5.02 Å². The van der Waals surface area contributed by atoms with Crippen LogP contribution in [-0.4, -0.2) is 22.3 Å². The second-order valence-corrected chi connectivity index (χ2v) is 3.25. The minimum absolute atomic E-state index is 0.163. The number of hydrogen-bond acceptors (Lipinski definition) is 5. The van der Waals surface area contributed by atoms with E-state index in [4.69, 9.17) is 22.2 Å². The van der Waals surface area contributed by atoms with Gasteiger partial charge in [-0.3, -0.25) is 20.7 Å². The molecule has 0 fully saturated rings. The van der Waals surface area contributed by atoms with Gasteiger partial charge in [-0.1, -0.05) is 11.6 Å². The van der Waals surface area contributed by atoms with Crippen LogP contribution >= 0.6 is 11.6 Å². The molecule has 0 unspecified atom stereocenters. The first-order valence-electron chi connectivity index (χ1n) is 4.26. The van der Waals surface area contributed by atoms with Crippen molar-refractivity contribution in [1.82, 2.24) is 10.9 Å². The molecule has 90 valence electrons. The third kappa shape index (κ3) is 3.70. The molecule has 1 aromatic rings. The molecule has 0 radical (unpaired) electrons. The highest BCUT2D eigenvalue weighted by Crippen LogP contribution is 2.20. The van der Waals surface area contributed by atoms with Gasteiger partial charge in [-0.15, -0.1) is 0 Å². The van der Waals surface area contributed by atoms with Crippen molar-refractivity contribution in [2.75, 3.05) is 0 Å². The first-order chi connectivity index (χ1) is 8.04. The summed E-state index contributed by atoms with van der Waals surface area (Å²) in [5.74, 6) is -0.467.